The summed E-state index contributed by atoms with van der Waals surface area (Å²) in [5, 5.41) is 0.711. The van der Waals surface area contributed by atoms with Crippen molar-refractivity contribution >= 4 is 17.3 Å². The van der Waals surface area contributed by atoms with Gasteiger partial charge in [0.2, 0.25) is 0 Å². The summed E-state index contributed by atoms with van der Waals surface area (Å²) in [6, 6.07) is 20.8. The summed E-state index contributed by atoms with van der Waals surface area (Å²) in [5.74, 6) is 0.288. The van der Waals surface area contributed by atoms with Gasteiger partial charge in [-0.1, -0.05) is 67.9 Å². The Labute approximate surface area is 165 Å². The number of benzene rings is 3. The summed E-state index contributed by atoms with van der Waals surface area (Å²) in [6.07, 6.45) is 0.941. The van der Waals surface area contributed by atoms with E-state index in [-0.39, 0.29) is 5.82 Å². The zero-order chi connectivity index (χ0) is 19.4. The maximum Gasteiger partial charge on any atom is 0.123 e. The quantitative estimate of drug-likeness (QED) is 0.431. The Bertz CT molecular complexity index is 941. The van der Waals surface area contributed by atoms with Crippen LogP contribution in [0, 0.1) is 11.7 Å². The van der Waals surface area contributed by atoms with Gasteiger partial charge in [-0.25, -0.2) is 4.39 Å². The Hall–Kier alpha value is -2.45. The molecule has 0 N–H and O–H groups in total. The van der Waals surface area contributed by atoms with Gasteiger partial charge >= 0.3 is 0 Å². The van der Waals surface area contributed by atoms with Crippen molar-refractivity contribution in [2.45, 2.75) is 20.3 Å². The number of rotatable bonds is 5. The summed E-state index contributed by atoms with van der Waals surface area (Å²) in [4.78, 5) is 4.56. The first-order chi connectivity index (χ1) is 13.0. The maximum atomic E-state index is 13.3. The predicted molar refractivity (Wildman–Crippen MR) is 113 cm³/mol. The molecular weight excluding hydrogens is 357 g/mol. The lowest BCUT2D eigenvalue weighted by Crippen LogP contribution is -2.09. The molecule has 1 nitrogen and oxygen atoms in total. The number of aliphatic imine (C=N–C) groups is 1. The fraction of sp³-hybridized carbons (Fsp3) is 0.208. The average Bonchev–Trinajstić information content (AvgIpc) is 2.65. The summed E-state index contributed by atoms with van der Waals surface area (Å²) in [6.45, 7) is 4.42. The van der Waals surface area contributed by atoms with Crippen LogP contribution in [0.2, 0.25) is 5.02 Å². The van der Waals surface area contributed by atoms with Gasteiger partial charge in [0, 0.05) is 23.2 Å². The monoisotopic (exact) mass is 379 g/mol. The van der Waals surface area contributed by atoms with Crippen LogP contribution in [0.15, 0.2) is 71.7 Å². The number of nitrogens with zero attached hydrogens (tertiary/aromatic N) is 1. The normalized spacial score (nSPS) is 11.9. The highest BCUT2D eigenvalue weighted by Crippen LogP contribution is 2.27. The Morgan fingerprint density at radius 2 is 1.56 bits per heavy atom. The molecule has 0 aliphatic heterocycles. The third kappa shape index (κ3) is 4.64. The van der Waals surface area contributed by atoms with Crippen molar-refractivity contribution < 1.29 is 4.39 Å². The van der Waals surface area contributed by atoms with Gasteiger partial charge in [-0.05, 0) is 53.3 Å². The van der Waals surface area contributed by atoms with E-state index in [0.29, 0.717) is 10.9 Å². The topological polar surface area (TPSA) is 12.4 Å². The third-order valence-electron chi connectivity index (χ3n) is 4.51. The van der Waals surface area contributed by atoms with Crippen LogP contribution < -0.4 is 0 Å². The SMILES string of the molecule is CN=C(c1ccc(Cl)cc1)c1ccc(-c2ccc(F)cc2)cc1CC(C)C. The molecule has 0 radical (unpaired) electrons. The standard InChI is InChI=1S/C24H23ClFN/c1-16(2)14-20-15-19(17-6-11-22(26)12-7-17)8-13-23(20)24(27-3)18-4-9-21(25)10-5-18/h4-13,15-16H,14H2,1-3H3. The molecule has 0 unspecified atom stereocenters. The lowest BCUT2D eigenvalue weighted by molar-refractivity contribution is 0.628. The van der Waals surface area contributed by atoms with Crippen molar-refractivity contribution in [2.24, 2.45) is 10.9 Å². The van der Waals surface area contributed by atoms with Gasteiger partial charge in [-0.15, -0.1) is 0 Å². The molecule has 0 spiro atoms. The fourth-order valence-electron chi connectivity index (χ4n) is 3.27. The summed E-state index contributed by atoms with van der Waals surface area (Å²) >= 11 is 6.04. The first kappa shape index (κ1) is 19.3. The van der Waals surface area contributed by atoms with Crippen LogP contribution in [0.4, 0.5) is 4.39 Å². The maximum absolute atomic E-state index is 13.3. The molecule has 0 amide bonds. The minimum Gasteiger partial charge on any atom is -0.287 e. The van der Waals surface area contributed by atoms with Crippen LogP contribution >= 0.6 is 11.6 Å². The molecule has 3 rings (SSSR count). The van der Waals surface area contributed by atoms with Crippen LogP contribution in [-0.4, -0.2) is 12.8 Å². The third-order valence-corrected chi connectivity index (χ3v) is 4.76. The molecule has 0 aliphatic rings. The fourth-order valence-corrected chi connectivity index (χ4v) is 3.39. The molecule has 138 valence electrons. The van der Waals surface area contributed by atoms with E-state index in [2.05, 4.69) is 37.0 Å². The molecule has 3 heteroatoms. The van der Waals surface area contributed by atoms with Gasteiger partial charge in [-0.2, -0.15) is 0 Å². The lowest BCUT2D eigenvalue weighted by atomic mass is 9.89. The second kappa shape index (κ2) is 8.49. The molecule has 3 aromatic carbocycles. The summed E-state index contributed by atoms with van der Waals surface area (Å²) in [7, 11) is 1.82. The van der Waals surface area contributed by atoms with Crippen molar-refractivity contribution in [1.82, 2.24) is 0 Å². The molecule has 3 aromatic rings. The van der Waals surface area contributed by atoms with Crippen LogP contribution in [-0.2, 0) is 6.42 Å². The Kier molecular flexibility index (Phi) is 6.08. The van der Waals surface area contributed by atoms with E-state index in [4.69, 9.17) is 11.6 Å². The summed E-state index contributed by atoms with van der Waals surface area (Å²) in [5.41, 5.74) is 6.45. The molecular formula is C24H23ClFN. The number of halogens is 2. The molecule has 0 bridgehead atoms. The van der Waals surface area contributed by atoms with E-state index in [1.165, 1.54) is 17.7 Å². The van der Waals surface area contributed by atoms with Crippen LogP contribution in [0.5, 0.6) is 0 Å². The van der Waals surface area contributed by atoms with Crippen molar-refractivity contribution in [3.05, 3.63) is 94.3 Å². The lowest BCUT2D eigenvalue weighted by Gasteiger charge is -2.16. The van der Waals surface area contributed by atoms with Crippen molar-refractivity contribution in [1.29, 1.82) is 0 Å². The summed E-state index contributed by atoms with van der Waals surface area (Å²) < 4.78 is 13.3. The molecule has 0 heterocycles. The van der Waals surface area contributed by atoms with Crippen LogP contribution in [0.25, 0.3) is 11.1 Å². The zero-order valence-corrected chi connectivity index (χ0v) is 16.6. The van der Waals surface area contributed by atoms with Gasteiger partial charge in [0.05, 0.1) is 5.71 Å². The molecule has 0 aliphatic carbocycles. The highest BCUT2D eigenvalue weighted by molar-refractivity contribution is 6.30. The second-order valence-electron chi connectivity index (χ2n) is 7.06. The van der Waals surface area contributed by atoms with Gasteiger partial charge < -0.3 is 0 Å². The molecule has 0 atom stereocenters. The van der Waals surface area contributed by atoms with Gasteiger partial charge in [0.15, 0.2) is 0 Å². The molecule has 0 fully saturated rings. The van der Waals surface area contributed by atoms with E-state index in [1.54, 1.807) is 0 Å². The average molecular weight is 380 g/mol. The number of hydrogen-bond donors (Lipinski definition) is 0. The van der Waals surface area contributed by atoms with Crippen molar-refractivity contribution in [3.63, 3.8) is 0 Å². The van der Waals surface area contributed by atoms with Crippen molar-refractivity contribution in [2.75, 3.05) is 7.05 Å². The van der Waals surface area contributed by atoms with Gasteiger partial charge in [0.25, 0.3) is 0 Å². The van der Waals surface area contributed by atoms with Crippen LogP contribution in [0.1, 0.15) is 30.5 Å². The van der Waals surface area contributed by atoms with E-state index in [9.17, 15) is 4.39 Å². The molecule has 0 aromatic heterocycles. The van der Waals surface area contributed by atoms with Gasteiger partial charge in [0.1, 0.15) is 5.82 Å². The highest BCUT2D eigenvalue weighted by Gasteiger charge is 2.14. The van der Waals surface area contributed by atoms with Crippen molar-refractivity contribution in [3.8, 4) is 11.1 Å². The Balaban J connectivity index is 2.08. The first-order valence-corrected chi connectivity index (χ1v) is 9.47. The zero-order valence-electron chi connectivity index (χ0n) is 15.8. The largest absolute Gasteiger partial charge is 0.287 e. The minimum atomic E-state index is -0.221. The Morgan fingerprint density at radius 3 is 2.15 bits per heavy atom. The van der Waals surface area contributed by atoms with Gasteiger partial charge in [-0.3, -0.25) is 4.99 Å². The van der Waals surface area contributed by atoms with E-state index in [1.807, 2.05) is 43.4 Å². The minimum absolute atomic E-state index is 0.221. The first-order valence-electron chi connectivity index (χ1n) is 9.10. The molecule has 0 saturated carbocycles. The molecule has 0 saturated heterocycles. The second-order valence-corrected chi connectivity index (χ2v) is 7.49. The van der Waals surface area contributed by atoms with Crippen LogP contribution in [0.3, 0.4) is 0 Å². The van der Waals surface area contributed by atoms with E-state index < -0.39 is 0 Å². The van der Waals surface area contributed by atoms with E-state index >= 15 is 0 Å². The molecule has 27 heavy (non-hydrogen) atoms. The predicted octanol–water partition coefficient (Wildman–Crippen LogP) is 6.81. The Morgan fingerprint density at radius 1 is 0.926 bits per heavy atom. The number of hydrogen-bond acceptors (Lipinski definition) is 1. The highest BCUT2D eigenvalue weighted by atomic mass is 35.5. The van der Waals surface area contributed by atoms with E-state index in [0.717, 1.165) is 34.4 Å². The smallest absolute Gasteiger partial charge is 0.123 e.